The van der Waals surface area contributed by atoms with Crippen molar-refractivity contribution in [3.8, 4) is 0 Å². The van der Waals surface area contributed by atoms with E-state index in [9.17, 15) is 14.7 Å². The number of hydrogen-bond acceptors (Lipinski definition) is 3. The first-order valence-corrected chi connectivity index (χ1v) is 5.81. The molecule has 4 N–H and O–H groups in total. The second kappa shape index (κ2) is 5.71. The predicted octanol–water partition coefficient (Wildman–Crippen LogP) is 1.26. The SMILES string of the molecule is Cc1cccc(C)c1NC(=O)NCC(C)(O)C(=O)O. The van der Waals surface area contributed by atoms with Gasteiger partial charge in [0, 0.05) is 5.69 Å². The first kappa shape index (κ1) is 15.0. The summed E-state index contributed by atoms with van der Waals surface area (Å²) in [6.07, 6.45) is 0. The van der Waals surface area contributed by atoms with E-state index < -0.39 is 17.6 Å². The summed E-state index contributed by atoms with van der Waals surface area (Å²) in [7, 11) is 0. The molecule has 0 spiro atoms. The Balaban J connectivity index is 2.64. The molecule has 0 aliphatic heterocycles. The molecule has 0 aliphatic carbocycles. The van der Waals surface area contributed by atoms with Crippen LogP contribution in [0.1, 0.15) is 18.1 Å². The maximum Gasteiger partial charge on any atom is 0.337 e. The summed E-state index contributed by atoms with van der Waals surface area (Å²) in [5, 5.41) is 23.1. The predicted molar refractivity (Wildman–Crippen MR) is 71.2 cm³/mol. The molecule has 1 aromatic carbocycles. The summed E-state index contributed by atoms with van der Waals surface area (Å²) in [5.74, 6) is -1.39. The number of para-hydroxylation sites is 1. The van der Waals surface area contributed by atoms with Crippen molar-refractivity contribution in [1.29, 1.82) is 0 Å². The van der Waals surface area contributed by atoms with E-state index in [1.165, 1.54) is 0 Å². The number of aliphatic carboxylic acids is 1. The Kier molecular flexibility index (Phi) is 4.50. The maximum atomic E-state index is 11.7. The molecule has 1 atom stereocenters. The van der Waals surface area contributed by atoms with E-state index in [2.05, 4.69) is 10.6 Å². The molecule has 0 aromatic heterocycles. The number of nitrogens with one attached hydrogen (secondary N) is 2. The first-order chi connectivity index (χ1) is 8.74. The van der Waals surface area contributed by atoms with Gasteiger partial charge in [0.15, 0.2) is 5.60 Å². The molecule has 0 bridgehead atoms. The van der Waals surface area contributed by atoms with Crippen LogP contribution in [-0.2, 0) is 4.79 Å². The normalized spacial score (nSPS) is 13.5. The zero-order valence-corrected chi connectivity index (χ0v) is 11.2. The van der Waals surface area contributed by atoms with Crippen molar-refractivity contribution >= 4 is 17.7 Å². The average Bonchev–Trinajstić information content (AvgIpc) is 2.31. The van der Waals surface area contributed by atoms with E-state index in [4.69, 9.17) is 5.11 Å². The quantitative estimate of drug-likeness (QED) is 0.659. The van der Waals surface area contributed by atoms with E-state index in [0.29, 0.717) is 5.69 Å². The molecule has 6 heteroatoms. The van der Waals surface area contributed by atoms with Gasteiger partial charge in [-0.3, -0.25) is 0 Å². The monoisotopic (exact) mass is 266 g/mol. The number of carbonyl (C=O) groups excluding carboxylic acids is 1. The summed E-state index contributed by atoms with van der Waals surface area (Å²) in [6, 6.07) is 5.04. The first-order valence-electron chi connectivity index (χ1n) is 5.81. The summed E-state index contributed by atoms with van der Waals surface area (Å²) in [4.78, 5) is 22.3. The minimum Gasteiger partial charge on any atom is -0.479 e. The van der Waals surface area contributed by atoms with Gasteiger partial charge in [-0.25, -0.2) is 9.59 Å². The molecule has 2 amide bonds. The van der Waals surface area contributed by atoms with Crippen LogP contribution in [0.4, 0.5) is 10.5 Å². The molecule has 1 rings (SSSR count). The maximum absolute atomic E-state index is 11.7. The smallest absolute Gasteiger partial charge is 0.337 e. The second-order valence-corrected chi connectivity index (χ2v) is 4.65. The van der Waals surface area contributed by atoms with Crippen molar-refractivity contribution in [2.24, 2.45) is 0 Å². The van der Waals surface area contributed by atoms with E-state index >= 15 is 0 Å². The number of amides is 2. The number of urea groups is 1. The van der Waals surface area contributed by atoms with E-state index in [-0.39, 0.29) is 6.54 Å². The summed E-state index contributed by atoms with van der Waals surface area (Å²) >= 11 is 0. The Labute approximate surface area is 111 Å². The molecule has 0 saturated carbocycles. The fraction of sp³-hybridized carbons (Fsp3) is 0.385. The van der Waals surface area contributed by atoms with E-state index in [0.717, 1.165) is 18.1 Å². The fourth-order valence-electron chi connectivity index (χ4n) is 1.50. The Morgan fingerprint density at radius 1 is 1.26 bits per heavy atom. The lowest BCUT2D eigenvalue weighted by molar-refractivity contribution is -0.155. The molecule has 104 valence electrons. The van der Waals surface area contributed by atoms with Gasteiger partial charge in [-0.15, -0.1) is 0 Å². The highest BCUT2D eigenvalue weighted by Crippen LogP contribution is 2.19. The average molecular weight is 266 g/mol. The third-order valence-electron chi connectivity index (χ3n) is 2.77. The van der Waals surface area contributed by atoms with E-state index in [1.54, 1.807) is 0 Å². The molecule has 0 radical (unpaired) electrons. The van der Waals surface area contributed by atoms with Crippen molar-refractivity contribution in [2.45, 2.75) is 26.4 Å². The lowest BCUT2D eigenvalue weighted by atomic mass is 10.1. The van der Waals surface area contributed by atoms with Crippen LogP contribution >= 0.6 is 0 Å². The van der Waals surface area contributed by atoms with Gasteiger partial charge in [0.2, 0.25) is 0 Å². The van der Waals surface area contributed by atoms with Crippen LogP contribution in [0.5, 0.6) is 0 Å². The Hall–Kier alpha value is -2.08. The van der Waals surface area contributed by atoms with Crippen LogP contribution in [0.2, 0.25) is 0 Å². The highest BCUT2D eigenvalue weighted by Gasteiger charge is 2.30. The Bertz CT molecular complexity index is 477. The number of aliphatic hydroxyl groups is 1. The van der Waals surface area contributed by atoms with Crippen LogP contribution in [0.3, 0.4) is 0 Å². The standard InChI is InChI=1S/C13H18N2O4/c1-8-5-4-6-9(2)10(8)15-12(18)14-7-13(3,19)11(16)17/h4-6,19H,7H2,1-3H3,(H,16,17)(H2,14,15,18). The van der Waals surface area contributed by atoms with Crippen molar-refractivity contribution < 1.29 is 19.8 Å². The number of carboxylic acid groups (broad SMARTS) is 1. The molecule has 0 heterocycles. The van der Waals surface area contributed by atoms with Crippen molar-refractivity contribution in [3.05, 3.63) is 29.3 Å². The number of rotatable bonds is 4. The molecule has 0 saturated heterocycles. The third-order valence-corrected chi connectivity index (χ3v) is 2.77. The number of aryl methyl sites for hydroxylation is 2. The van der Waals surface area contributed by atoms with Crippen LogP contribution in [0.25, 0.3) is 0 Å². The summed E-state index contributed by atoms with van der Waals surface area (Å²) in [5.41, 5.74) is 0.494. The minimum absolute atomic E-state index is 0.376. The molecular formula is C13H18N2O4. The number of anilines is 1. The largest absolute Gasteiger partial charge is 0.479 e. The lowest BCUT2D eigenvalue weighted by Gasteiger charge is -2.19. The van der Waals surface area contributed by atoms with Gasteiger partial charge < -0.3 is 20.8 Å². The molecule has 0 fully saturated rings. The topological polar surface area (TPSA) is 98.7 Å². The number of hydrogen-bond donors (Lipinski definition) is 4. The molecule has 1 unspecified atom stereocenters. The summed E-state index contributed by atoms with van der Waals surface area (Å²) in [6.45, 7) is 4.46. The van der Waals surface area contributed by atoms with Gasteiger partial charge in [0.1, 0.15) is 0 Å². The molecule has 0 aliphatic rings. The molecular weight excluding hydrogens is 248 g/mol. The molecule has 19 heavy (non-hydrogen) atoms. The Morgan fingerprint density at radius 2 is 1.79 bits per heavy atom. The second-order valence-electron chi connectivity index (χ2n) is 4.65. The third kappa shape index (κ3) is 3.96. The van der Waals surface area contributed by atoms with Crippen LogP contribution in [0, 0.1) is 13.8 Å². The van der Waals surface area contributed by atoms with E-state index in [1.807, 2.05) is 32.0 Å². The summed E-state index contributed by atoms with van der Waals surface area (Å²) < 4.78 is 0. The van der Waals surface area contributed by atoms with Gasteiger partial charge in [-0.1, -0.05) is 18.2 Å². The zero-order valence-electron chi connectivity index (χ0n) is 11.2. The van der Waals surface area contributed by atoms with Crippen molar-refractivity contribution in [1.82, 2.24) is 5.32 Å². The highest BCUT2D eigenvalue weighted by atomic mass is 16.4. The van der Waals surface area contributed by atoms with Crippen LogP contribution < -0.4 is 10.6 Å². The molecule has 6 nitrogen and oxygen atoms in total. The fourth-order valence-corrected chi connectivity index (χ4v) is 1.50. The van der Waals surface area contributed by atoms with Crippen LogP contribution in [0.15, 0.2) is 18.2 Å². The van der Waals surface area contributed by atoms with Crippen LogP contribution in [-0.4, -0.2) is 34.4 Å². The number of benzene rings is 1. The zero-order chi connectivity index (χ0) is 14.6. The van der Waals surface area contributed by atoms with Gasteiger partial charge in [-0.05, 0) is 31.9 Å². The van der Waals surface area contributed by atoms with Gasteiger partial charge in [0.25, 0.3) is 0 Å². The minimum atomic E-state index is -1.99. The highest BCUT2D eigenvalue weighted by molar-refractivity contribution is 5.91. The van der Waals surface area contributed by atoms with Gasteiger partial charge in [-0.2, -0.15) is 0 Å². The number of carbonyl (C=O) groups is 2. The van der Waals surface area contributed by atoms with Crippen molar-refractivity contribution in [2.75, 3.05) is 11.9 Å². The van der Waals surface area contributed by atoms with Crippen molar-refractivity contribution in [3.63, 3.8) is 0 Å². The number of carboxylic acids is 1. The Morgan fingerprint density at radius 3 is 2.26 bits per heavy atom. The van der Waals surface area contributed by atoms with Gasteiger partial charge in [0.05, 0.1) is 6.54 Å². The lowest BCUT2D eigenvalue weighted by Crippen LogP contribution is -2.47. The van der Waals surface area contributed by atoms with Gasteiger partial charge >= 0.3 is 12.0 Å². The molecule has 1 aromatic rings.